The molecular formula is C20H14ClN3O3. The number of rotatable bonds is 4. The van der Waals surface area contributed by atoms with Crippen LogP contribution in [0.4, 0.5) is 0 Å². The van der Waals surface area contributed by atoms with E-state index in [9.17, 15) is 9.59 Å². The van der Waals surface area contributed by atoms with E-state index >= 15 is 0 Å². The summed E-state index contributed by atoms with van der Waals surface area (Å²) in [5, 5.41) is 10.5. The molecule has 6 nitrogen and oxygen atoms in total. The van der Waals surface area contributed by atoms with Crippen LogP contribution < -0.4 is 10.3 Å². The first-order chi connectivity index (χ1) is 13.1. The Morgan fingerprint density at radius 3 is 2.48 bits per heavy atom. The van der Waals surface area contributed by atoms with Gasteiger partial charge in [-0.05, 0) is 24.3 Å². The summed E-state index contributed by atoms with van der Waals surface area (Å²) in [7, 11) is 0. The summed E-state index contributed by atoms with van der Waals surface area (Å²) >= 11 is 6.18. The van der Waals surface area contributed by atoms with E-state index < -0.39 is 5.97 Å². The van der Waals surface area contributed by atoms with Crippen molar-refractivity contribution in [1.29, 1.82) is 0 Å². The molecular weight excluding hydrogens is 366 g/mol. The van der Waals surface area contributed by atoms with Gasteiger partial charge in [0.2, 0.25) is 0 Å². The van der Waals surface area contributed by atoms with Gasteiger partial charge in [0.15, 0.2) is 0 Å². The molecule has 3 aromatic carbocycles. The molecule has 0 atom stereocenters. The van der Waals surface area contributed by atoms with Gasteiger partial charge in [0.1, 0.15) is 11.3 Å². The standard InChI is InChI=1S/C20H14ClN3O3/c21-16-9-10-18(14-6-2-1-5-13(14)16)27-19(25)11-12-24-20(26)15-7-3-4-8-17(15)22-23-24/h1-10H,11-12H2. The normalized spacial score (nSPS) is 11.0. The third-order valence-corrected chi connectivity index (χ3v) is 4.54. The Morgan fingerprint density at radius 2 is 1.67 bits per heavy atom. The Labute approximate surface area is 158 Å². The Balaban J connectivity index is 1.52. The molecule has 0 spiro atoms. The number of benzene rings is 3. The summed E-state index contributed by atoms with van der Waals surface area (Å²) in [6.45, 7) is 0.0843. The third kappa shape index (κ3) is 3.39. The monoisotopic (exact) mass is 379 g/mol. The van der Waals surface area contributed by atoms with Gasteiger partial charge in [0.25, 0.3) is 5.56 Å². The van der Waals surface area contributed by atoms with Crippen molar-refractivity contribution in [3.63, 3.8) is 0 Å². The van der Waals surface area contributed by atoms with E-state index in [0.717, 1.165) is 10.8 Å². The predicted octanol–water partition coefficient (Wildman–Crippen LogP) is 3.59. The summed E-state index contributed by atoms with van der Waals surface area (Å²) in [5.74, 6) is -0.0405. The van der Waals surface area contributed by atoms with Crippen molar-refractivity contribution in [3.05, 3.63) is 76.0 Å². The zero-order valence-electron chi connectivity index (χ0n) is 14.1. The van der Waals surface area contributed by atoms with Gasteiger partial charge in [-0.25, -0.2) is 4.68 Å². The number of carbonyl (C=O) groups excluding carboxylic acids is 1. The smallest absolute Gasteiger partial charge is 0.313 e. The number of hydrogen-bond acceptors (Lipinski definition) is 5. The summed E-state index contributed by atoms with van der Waals surface area (Å²) < 4.78 is 6.64. The molecule has 0 aliphatic rings. The highest BCUT2D eigenvalue weighted by Crippen LogP contribution is 2.31. The van der Waals surface area contributed by atoms with Crippen LogP contribution in [0, 0.1) is 0 Å². The molecule has 134 valence electrons. The van der Waals surface area contributed by atoms with Gasteiger partial charge in [-0.1, -0.05) is 53.2 Å². The van der Waals surface area contributed by atoms with Crippen molar-refractivity contribution in [3.8, 4) is 5.75 Å². The molecule has 0 aliphatic carbocycles. The highest BCUT2D eigenvalue weighted by molar-refractivity contribution is 6.35. The SMILES string of the molecule is O=C(CCn1nnc2ccccc2c1=O)Oc1ccc(Cl)c2ccccc12. The number of hydrogen-bond donors (Lipinski definition) is 0. The number of carbonyl (C=O) groups is 1. The number of ether oxygens (including phenoxy) is 1. The Kier molecular flexibility index (Phi) is 4.56. The van der Waals surface area contributed by atoms with Crippen molar-refractivity contribution >= 4 is 39.2 Å². The van der Waals surface area contributed by atoms with Crippen LogP contribution in [-0.2, 0) is 11.3 Å². The molecule has 0 bridgehead atoms. The second-order valence-electron chi connectivity index (χ2n) is 5.95. The van der Waals surface area contributed by atoms with Crippen molar-refractivity contribution in [2.45, 2.75) is 13.0 Å². The average molecular weight is 380 g/mol. The van der Waals surface area contributed by atoms with Gasteiger partial charge in [-0.15, -0.1) is 5.10 Å². The van der Waals surface area contributed by atoms with E-state index in [-0.39, 0.29) is 18.5 Å². The maximum atomic E-state index is 12.4. The fraction of sp³-hybridized carbons (Fsp3) is 0.100. The van der Waals surface area contributed by atoms with E-state index in [0.29, 0.717) is 21.7 Å². The molecule has 4 aromatic rings. The van der Waals surface area contributed by atoms with E-state index in [1.54, 1.807) is 36.4 Å². The summed E-state index contributed by atoms with van der Waals surface area (Å²) in [4.78, 5) is 24.7. The fourth-order valence-electron chi connectivity index (χ4n) is 2.86. The lowest BCUT2D eigenvalue weighted by atomic mass is 10.1. The van der Waals surface area contributed by atoms with E-state index in [1.807, 2.05) is 24.3 Å². The lowest BCUT2D eigenvalue weighted by Gasteiger charge is -2.09. The van der Waals surface area contributed by atoms with Crippen molar-refractivity contribution in [2.24, 2.45) is 0 Å². The molecule has 0 saturated heterocycles. The minimum atomic E-state index is -0.468. The van der Waals surface area contributed by atoms with Gasteiger partial charge < -0.3 is 4.74 Å². The zero-order valence-corrected chi connectivity index (χ0v) is 14.9. The zero-order chi connectivity index (χ0) is 18.8. The topological polar surface area (TPSA) is 74.1 Å². The summed E-state index contributed by atoms with van der Waals surface area (Å²) in [6, 6.07) is 17.7. The highest BCUT2D eigenvalue weighted by Gasteiger charge is 2.12. The van der Waals surface area contributed by atoms with Crippen molar-refractivity contribution in [1.82, 2.24) is 15.0 Å². The second kappa shape index (κ2) is 7.17. The Hall–Kier alpha value is -3.25. The fourth-order valence-corrected chi connectivity index (χ4v) is 3.09. The number of esters is 1. The first-order valence-corrected chi connectivity index (χ1v) is 8.72. The van der Waals surface area contributed by atoms with Gasteiger partial charge >= 0.3 is 5.97 Å². The van der Waals surface area contributed by atoms with E-state index in [1.165, 1.54) is 4.68 Å². The molecule has 27 heavy (non-hydrogen) atoms. The van der Waals surface area contributed by atoms with Crippen LogP contribution in [0.5, 0.6) is 5.75 Å². The van der Waals surface area contributed by atoms with Crippen LogP contribution in [0.3, 0.4) is 0 Å². The molecule has 0 radical (unpaired) electrons. The maximum absolute atomic E-state index is 12.4. The van der Waals surface area contributed by atoms with Crippen LogP contribution in [-0.4, -0.2) is 21.0 Å². The molecule has 0 amide bonds. The Morgan fingerprint density at radius 1 is 0.963 bits per heavy atom. The molecule has 0 saturated carbocycles. The van der Waals surface area contributed by atoms with E-state index in [2.05, 4.69) is 10.3 Å². The third-order valence-electron chi connectivity index (χ3n) is 4.21. The Bertz CT molecular complexity index is 1220. The number of fused-ring (bicyclic) bond motifs is 2. The summed E-state index contributed by atoms with van der Waals surface area (Å²) in [5.41, 5.74) is 0.235. The molecule has 0 aliphatic heterocycles. The lowest BCUT2D eigenvalue weighted by molar-refractivity contribution is -0.134. The van der Waals surface area contributed by atoms with Gasteiger partial charge in [-0.2, -0.15) is 0 Å². The molecule has 0 N–H and O–H groups in total. The maximum Gasteiger partial charge on any atom is 0.313 e. The number of aryl methyl sites for hydroxylation is 1. The average Bonchev–Trinajstić information content (AvgIpc) is 2.70. The number of nitrogens with zero attached hydrogens (tertiary/aromatic N) is 3. The molecule has 0 unspecified atom stereocenters. The van der Waals surface area contributed by atoms with Crippen LogP contribution >= 0.6 is 11.6 Å². The van der Waals surface area contributed by atoms with Gasteiger partial charge in [-0.3, -0.25) is 9.59 Å². The van der Waals surface area contributed by atoms with Crippen LogP contribution in [0.2, 0.25) is 5.02 Å². The van der Waals surface area contributed by atoms with Crippen LogP contribution in [0.1, 0.15) is 6.42 Å². The lowest BCUT2D eigenvalue weighted by Crippen LogP contribution is -2.26. The first kappa shape index (κ1) is 17.2. The van der Waals surface area contributed by atoms with E-state index in [4.69, 9.17) is 16.3 Å². The molecule has 1 aromatic heterocycles. The van der Waals surface area contributed by atoms with Crippen molar-refractivity contribution in [2.75, 3.05) is 0 Å². The predicted molar refractivity (Wildman–Crippen MR) is 103 cm³/mol. The van der Waals surface area contributed by atoms with Crippen LogP contribution in [0.25, 0.3) is 21.7 Å². The van der Waals surface area contributed by atoms with Gasteiger partial charge in [0, 0.05) is 15.8 Å². The quantitative estimate of drug-likeness (QED) is 0.400. The van der Waals surface area contributed by atoms with Gasteiger partial charge in [0.05, 0.1) is 18.4 Å². The largest absolute Gasteiger partial charge is 0.426 e. The molecule has 1 heterocycles. The number of aromatic nitrogens is 3. The molecule has 0 fully saturated rings. The van der Waals surface area contributed by atoms with Crippen molar-refractivity contribution < 1.29 is 9.53 Å². The first-order valence-electron chi connectivity index (χ1n) is 8.34. The molecule has 4 rings (SSSR count). The molecule has 7 heteroatoms. The minimum Gasteiger partial charge on any atom is -0.426 e. The minimum absolute atomic E-state index is 0.0100. The summed E-state index contributed by atoms with van der Waals surface area (Å²) in [6.07, 6.45) is -0.0100. The van der Waals surface area contributed by atoms with Crippen LogP contribution in [0.15, 0.2) is 65.5 Å². The number of halogens is 1. The highest BCUT2D eigenvalue weighted by atomic mass is 35.5. The second-order valence-corrected chi connectivity index (χ2v) is 6.36.